The standard InChI is InChI=1S/C22H20N4O3S2/c1-13-9-15-10-16(31(23,28)29)7-8-18(15)26(13)11-19-24-21(27)20-17(12-30-22(20)25-19)14-5-3-2-4-6-14/h2-8,10,12-13H,9,11H2,1H3,(H2,23,28,29)(H,24,25,27). The fraction of sp³-hybridized carbons (Fsp3) is 0.182. The van der Waals surface area contributed by atoms with Crippen molar-refractivity contribution in [2.75, 3.05) is 4.90 Å². The Morgan fingerprint density at radius 2 is 2.00 bits per heavy atom. The summed E-state index contributed by atoms with van der Waals surface area (Å²) in [5, 5.41) is 7.84. The van der Waals surface area contributed by atoms with Gasteiger partial charge in [0.1, 0.15) is 10.7 Å². The molecule has 3 N–H and O–H groups in total. The molecule has 4 aromatic rings. The molecule has 1 aliphatic rings. The molecule has 2 aromatic heterocycles. The number of nitrogens with two attached hydrogens (primary N) is 1. The van der Waals surface area contributed by atoms with Crippen LogP contribution in [0.3, 0.4) is 0 Å². The highest BCUT2D eigenvalue weighted by atomic mass is 32.2. The van der Waals surface area contributed by atoms with Crippen LogP contribution in [0, 0.1) is 0 Å². The Kier molecular flexibility index (Phi) is 4.69. The largest absolute Gasteiger partial charge is 0.361 e. The van der Waals surface area contributed by atoms with E-state index < -0.39 is 10.0 Å². The molecular weight excluding hydrogens is 432 g/mol. The number of aromatic nitrogens is 2. The van der Waals surface area contributed by atoms with Gasteiger partial charge in [0.15, 0.2) is 0 Å². The molecule has 0 fully saturated rings. The Morgan fingerprint density at radius 3 is 2.74 bits per heavy atom. The molecule has 0 aliphatic carbocycles. The maximum atomic E-state index is 12.9. The average molecular weight is 453 g/mol. The van der Waals surface area contributed by atoms with Crippen molar-refractivity contribution in [1.29, 1.82) is 0 Å². The maximum absolute atomic E-state index is 12.9. The summed E-state index contributed by atoms with van der Waals surface area (Å²) in [5.41, 5.74) is 3.57. The third-order valence-corrected chi connectivity index (χ3v) is 7.42. The normalized spacial score (nSPS) is 16.1. The van der Waals surface area contributed by atoms with E-state index in [-0.39, 0.29) is 16.5 Å². The van der Waals surface area contributed by atoms with Crippen LogP contribution >= 0.6 is 11.3 Å². The van der Waals surface area contributed by atoms with Gasteiger partial charge in [-0.2, -0.15) is 0 Å². The molecule has 0 radical (unpaired) electrons. The van der Waals surface area contributed by atoms with Crippen LogP contribution in [0.15, 0.2) is 63.6 Å². The van der Waals surface area contributed by atoms with Crippen molar-refractivity contribution in [3.8, 4) is 11.1 Å². The number of thiophene rings is 1. The maximum Gasteiger partial charge on any atom is 0.260 e. The molecule has 5 rings (SSSR count). The topological polar surface area (TPSA) is 109 Å². The summed E-state index contributed by atoms with van der Waals surface area (Å²) in [6.45, 7) is 2.48. The Hall–Kier alpha value is -3.01. The molecule has 9 heteroatoms. The minimum atomic E-state index is -3.75. The quantitative estimate of drug-likeness (QED) is 0.494. The molecule has 158 valence electrons. The molecule has 2 aromatic carbocycles. The zero-order valence-corrected chi connectivity index (χ0v) is 18.3. The summed E-state index contributed by atoms with van der Waals surface area (Å²) in [6.07, 6.45) is 0.697. The lowest BCUT2D eigenvalue weighted by atomic mass is 10.1. The van der Waals surface area contributed by atoms with E-state index in [4.69, 9.17) is 10.1 Å². The molecular formula is C22H20N4O3S2. The molecule has 1 aliphatic heterocycles. The molecule has 0 spiro atoms. The number of H-pyrrole nitrogens is 1. The fourth-order valence-corrected chi connectivity index (χ4v) is 5.68. The van der Waals surface area contributed by atoms with Gasteiger partial charge in [0.05, 0.1) is 16.8 Å². The van der Waals surface area contributed by atoms with Crippen LogP contribution in [0.2, 0.25) is 0 Å². The number of anilines is 1. The number of benzene rings is 2. The summed E-state index contributed by atoms with van der Waals surface area (Å²) in [7, 11) is -3.75. The van der Waals surface area contributed by atoms with Crippen LogP contribution in [0.1, 0.15) is 18.3 Å². The SMILES string of the molecule is CC1Cc2cc(S(N)(=O)=O)ccc2N1Cc1nc2scc(-c3ccccc3)c2c(=O)[nH]1. The molecule has 31 heavy (non-hydrogen) atoms. The number of rotatable bonds is 4. The minimum absolute atomic E-state index is 0.111. The third-order valence-electron chi connectivity index (χ3n) is 5.63. The fourth-order valence-electron chi connectivity index (χ4n) is 4.15. The van der Waals surface area contributed by atoms with Crippen LogP contribution in [0.25, 0.3) is 21.3 Å². The van der Waals surface area contributed by atoms with E-state index in [1.165, 1.54) is 17.4 Å². The highest BCUT2D eigenvalue weighted by molar-refractivity contribution is 7.89. The number of hydrogen-bond donors (Lipinski definition) is 2. The van der Waals surface area contributed by atoms with Gasteiger partial charge >= 0.3 is 0 Å². The number of fused-ring (bicyclic) bond motifs is 2. The monoisotopic (exact) mass is 452 g/mol. The number of aromatic amines is 1. The lowest BCUT2D eigenvalue weighted by molar-refractivity contribution is 0.597. The number of nitrogens with zero attached hydrogens (tertiary/aromatic N) is 2. The lowest BCUT2D eigenvalue weighted by Crippen LogP contribution is -2.30. The summed E-state index contributed by atoms with van der Waals surface area (Å²) >= 11 is 1.46. The highest BCUT2D eigenvalue weighted by Crippen LogP contribution is 2.35. The van der Waals surface area contributed by atoms with E-state index >= 15 is 0 Å². The first-order valence-electron chi connectivity index (χ1n) is 9.79. The Labute approximate surface area is 183 Å². The van der Waals surface area contributed by atoms with E-state index in [9.17, 15) is 13.2 Å². The van der Waals surface area contributed by atoms with Crippen LogP contribution in [-0.4, -0.2) is 24.4 Å². The zero-order chi connectivity index (χ0) is 21.8. The number of sulfonamides is 1. The van der Waals surface area contributed by atoms with Gasteiger partial charge in [-0.25, -0.2) is 18.5 Å². The first-order chi connectivity index (χ1) is 14.8. The molecule has 1 unspecified atom stereocenters. The van der Waals surface area contributed by atoms with Crippen molar-refractivity contribution >= 4 is 37.3 Å². The van der Waals surface area contributed by atoms with Gasteiger partial charge in [-0.05, 0) is 42.7 Å². The van der Waals surface area contributed by atoms with Gasteiger partial charge in [-0.3, -0.25) is 4.79 Å². The second-order valence-corrected chi connectivity index (χ2v) is 10.1. The molecule has 0 bridgehead atoms. The van der Waals surface area contributed by atoms with Crippen LogP contribution in [-0.2, 0) is 23.0 Å². The summed E-state index contributed by atoms with van der Waals surface area (Å²) in [6, 6.07) is 14.9. The van der Waals surface area contributed by atoms with Crippen molar-refractivity contribution in [1.82, 2.24) is 9.97 Å². The predicted molar refractivity (Wildman–Crippen MR) is 123 cm³/mol. The average Bonchev–Trinajstić information content (AvgIpc) is 3.29. The van der Waals surface area contributed by atoms with Gasteiger partial charge in [-0.15, -0.1) is 11.3 Å². The second kappa shape index (κ2) is 7.30. The lowest BCUT2D eigenvalue weighted by Gasteiger charge is -2.24. The summed E-state index contributed by atoms with van der Waals surface area (Å²) < 4.78 is 23.3. The van der Waals surface area contributed by atoms with E-state index in [1.54, 1.807) is 12.1 Å². The van der Waals surface area contributed by atoms with E-state index in [1.807, 2.05) is 35.7 Å². The second-order valence-electron chi connectivity index (χ2n) is 7.72. The van der Waals surface area contributed by atoms with Gasteiger partial charge in [0, 0.05) is 22.7 Å². The van der Waals surface area contributed by atoms with E-state index in [0.29, 0.717) is 29.0 Å². The molecule has 7 nitrogen and oxygen atoms in total. The molecule has 0 saturated heterocycles. The Bertz CT molecular complexity index is 1460. The number of nitrogens with one attached hydrogen (secondary N) is 1. The molecule has 3 heterocycles. The van der Waals surface area contributed by atoms with Gasteiger partial charge in [0.2, 0.25) is 10.0 Å². The van der Waals surface area contributed by atoms with Crippen LogP contribution in [0.5, 0.6) is 0 Å². The first kappa shape index (κ1) is 19.9. The van der Waals surface area contributed by atoms with Gasteiger partial charge in [0.25, 0.3) is 5.56 Å². The smallest absolute Gasteiger partial charge is 0.260 e. The molecule has 0 amide bonds. The molecule has 0 saturated carbocycles. The van der Waals surface area contributed by atoms with Crippen molar-refractivity contribution in [3.63, 3.8) is 0 Å². The minimum Gasteiger partial charge on any atom is -0.361 e. The van der Waals surface area contributed by atoms with E-state index in [2.05, 4.69) is 16.8 Å². The summed E-state index contributed by atoms with van der Waals surface area (Å²) in [5.74, 6) is 0.578. The van der Waals surface area contributed by atoms with Gasteiger partial charge < -0.3 is 9.88 Å². The molecule has 1 atom stereocenters. The Morgan fingerprint density at radius 1 is 1.23 bits per heavy atom. The Balaban J connectivity index is 1.50. The number of primary sulfonamides is 1. The number of hydrogen-bond acceptors (Lipinski definition) is 6. The highest BCUT2D eigenvalue weighted by Gasteiger charge is 2.28. The van der Waals surface area contributed by atoms with Crippen LogP contribution < -0.4 is 15.6 Å². The zero-order valence-electron chi connectivity index (χ0n) is 16.7. The van der Waals surface area contributed by atoms with E-state index in [0.717, 1.165) is 22.4 Å². The van der Waals surface area contributed by atoms with Crippen molar-refractivity contribution in [2.45, 2.75) is 30.8 Å². The van der Waals surface area contributed by atoms with Crippen molar-refractivity contribution < 1.29 is 8.42 Å². The summed E-state index contributed by atoms with van der Waals surface area (Å²) in [4.78, 5) is 23.5. The van der Waals surface area contributed by atoms with Crippen molar-refractivity contribution in [3.05, 3.63) is 75.7 Å². The van der Waals surface area contributed by atoms with Crippen molar-refractivity contribution in [2.24, 2.45) is 5.14 Å². The van der Waals surface area contributed by atoms with Gasteiger partial charge in [-0.1, -0.05) is 30.3 Å². The third kappa shape index (κ3) is 3.54. The predicted octanol–water partition coefficient (Wildman–Crippen LogP) is 3.25. The first-order valence-corrected chi connectivity index (χ1v) is 12.2. The van der Waals surface area contributed by atoms with Crippen LogP contribution in [0.4, 0.5) is 5.69 Å².